The summed E-state index contributed by atoms with van der Waals surface area (Å²) >= 11 is 1.80. The Kier molecular flexibility index (Phi) is 3.68. The molecule has 5 heteroatoms. The Morgan fingerprint density at radius 3 is 2.73 bits per heavy atom. The highest BCUT2D eigenvalue weighted by Crippen LogP contribution is 2.34. The van der Waals surface area contributed by atoms with Crippen LogP contribution in [-0.4, -0.2) is 40.3 Å². The average Bonchev–Trinajstić information content (AvgIpc) is 3.22. The van der Waals surface area contributed by atoms with Crippen LogP contribution in [0, 0.1) is 11.8 Å². The number of nitrogens with zero attached hydrogens (tertiary/aromatic N) is 3. The molecule has 4 rings (SSSR count). The number of likely N-dealkylation sites (tertiary alicyclic amines) is 2. The molecule has 4 nitrogen and oxygen atoms in total. The predicted molar refractivity (Wildman–Crippen MR) is 86.2 cm³/mol. The number of hydrogen-bond donors (Lipinski definition) is 0. The SMILES string of the molecule is O=C1[C@H]2CN(Cc3cccs3)C[C@H]2CN1Cc1ccncc1. The van der Waals surface area contributed by atoms with Crippen LogP contribution in [0.4, 0.5) is 0 Å². The second-order valence-corrected chi connectivity index (χ2v) is 7.25. The monoisotopic (exact) mass is 313 g/mol. The van der Waals surface area contributed by atoms with Gasteiger partial charge >= 0.3 is 0 Å². The van der Waals surface area contributed by atoms with Crippen molar-refractivity contribution in [3.63, 3.8) is 0 Å². The Hall–Kier alpha value is -1.72. The highest BCUT2D eigenvalue weighted by atomic mass is 32.1. The first-order valence-corrected chi connectivity index (χ1v) is 8.60. The maximum absolute atomic E-state index is 12.6. The number of carbonyl (C=O) groups excluding carboxylic acids is 1. The second-order valence-electron chi connectivity index (χ2n) is 6.21. The molecular formula is C17H19N3OS. The summed E-state index contributed by atoms with van der Waals surface area (Å²) < 4.78 is 0. The van der Waals surface area contributed by atoms with Crippen LogP contribution in [0.3, 0.4) is 0 Å². The first kappa shape index (κ1) is 13.9. The summed E-state index contributed by atoms with van der Waals surface area (Å²) in [6.07, 6.45) is 3.58. The fourth-order valence-electron chi connectivity index (χ4n) is 3.64. The molecule has 0 spiro atoms. The van der Waals surface area contributed by atoms with Crippen molar-refractivity contribution >= 4 is 17.2 Å². The lowest BCUT2D eigenvalue weighted by atomic mass is 10.0. The molecule has 2 fully saturated rings. The van der Waals surface area contributed by atoms with Crippen molar-refractivity contribution in [1.82, 2.24) is 14.8 Å². The van der Waals surface area contributed by atoms with Gasteiger partial charge < -0.3 is 4.90 Å². The minimum atomic E-state index is 0.196. The van der Waals surface area contributed by atoms with E-state index in [-0.39, 0.29) is 5.92 Å². The van der Waals surface area contributed by atoms with Gasteiger partial charge in [0.25, 0.3) is 0 Å². The highest BCUT2D eigenvalue weighted by Gasteiger charge is 2.45. The molecule has 114 valence electrons. The summed E-state index contributed by atoms with van der Waals surface area (Å²) in [5.74, 6) is 1.02. The summed E-state index contributed by atoms with van der Waals surface area (Å²) in [4.78, 5) is 22.5. The Bertz CT molecular complexity index is 643. The molecule has 0 saturated carbocycles. The quantitative estimate of drug-likeness (QED) is 0.868. The lowest BCUT2D eigenvalue weighted by Gasteiger charge is -2.21. The van der Waals surface area contributed by atoms with E-state index >= 15 is 0 Å². The van der Waals surface area contributed by atoms with Crippen LogP contribution in [0.1, 0.15) is 10.4 Å². The smallest absolute Gasteiger partial charge is 0.227 e. The molecule has 22 heavy (non-hydrogen) atoms. The van der Waals surface area contributed by atoms with Crippen molar-refractivity contribution in [2.24, 2.45) is 11.8 Å². The standard InChI is InChI=1S/C17H19N3OS/c21-17-16-12-19(11-15-2-1-7-22-15)9-14(16)10-20(17)8-13-3-5-18-6-4-13/h1-7,14,16H,8-12H2/t14-,16-/m0/s1. The van der Waals surface area contributed by atoms with Crippen LogP contribution in [0.25, 0.3) is 0 Å². The van der Waals surface area contributed by atoms with E-state index in [1.807, 2.05) is 17.0 Å². The molecule has 0 radical (unpaired) electrons. The maximum atomic E-state index is 12.6. The lowest BCUT2D eigenvalue weighted by Crippen LogP contribution is -2.32. The molecule has 4 heterocycles. The number of aromatic nitrogens is 1. The molecule has 0 aromatic carbocycles. The van der Waals surface area contributed by atoms with Crippen LogP contribution >= 0.6 is 11.3 Å². The molecule has 0 N–H and O–H groups in total. The number of carbonyl (C=O) groups is 1. The van der Waals surface area contributed by atoms with Crippen LogP contribution in [0.2, 0.25) is 0 Å². The molecule has 0 bridgehead atoms. The Balaban J connectivity index is 1.38. The number of thiophene rings is 1. The topological polar surface area (TPSA) is 36.4 Å². The van der Waals surface area contributed by atoms with E-state index in [0.29, 0.717) is 11.8 Å². The first-order valence-electron chi connectivity index (χ1n) is 7.72. The van der Waals surface area contributed by atoms with E-state index < -0.39 is 0 Å². The number of rotatable bonds is 4. The highest BCUT2D eigenvalue weighted by molar-refractivity contribution is 7.09. The summed E-state index contributed by atoms with van der Waals surface area (Å²) in [5, 5.41) is 2.12. The van der Waals surface area contributed by atoms with Gasteiger partial charge in [-0.25, -0.2) is 0 Å². The minimum Gasteiger partial charge on any atom is -0.338 e. The minimum absolute atomic E-state index is 0.196. The van der Waals surface area contributed by atoms with Gasteiger partial charge in [0.1, 0.15) is 0 Å². The van der Waals surface area contributed by atoms with Crippen LogP contribution in [0.15, 0.2) is 42.0 Å². The third-order valence-electron chi connectivity index (χ3n) is 4.68. The molecule has 2 aliphatic rings. The Morgan fingerprint density at radius 1 is 1.14 bits per heavy atom. The van der Waals surface area contributed by atoms with Crippen LogP contribution in [0.5, 0.6) is 0 Å². The van der Waals surface area contributed by atoms with E-state index in [1.165, 1.54) is 10.4 Å². The summed E-state index contributed by atoms with van der Waals surface area (Å²) in [7, 11) is 0. The van der Waals surface area contributed by atoms with Crippen molar-refractivity contribution in [3.05, 3.63) is 52.5 Å². The molecule has 1 amide bonds. The molecule has 2 saturated heterocycles. The zero-order valence-electron chi connectivity index (χ0n) is 12.4. The maximum Gasteiger partial charge on any atom is 0.227 e. The van der Waals surface area contributed by atoms with E-state index in [2.05, 4.69) is 27.4 Å². The van der Waals surface area contributed by atoms with Crippen LogP contribution < -0.4 is 0 Å². The Morgan fingerprint density at radius 2 is 2.00 bits per heavy atom. The van der Waals surface area contributed by atoms with Gasteiger partial charge in [0.05, 0.1) is 5.92 Å². The van der Waals surface area contributed by atoms with Gasteiger partial charge in [-0.15, -0.1) is 11.3 Å². The van der Waals surface area contributed by atoms with Crippen molar-refractivity contribution in [1.29, 1.82) is 0 Å². The molecule has 2 aromatic rings. The van der Waals surface area contributed by atoms with Crippen molar-refractivity contribution < 1.29 is 4.79 Å². The summed E-state index contributed by atoms with van der Waals surface area (Å²) in [6, 6.07) is 8.25. The van der Waals surface area contributed by atoms with E-state index in [1.54, 1.807) is 23.7 Å². The third kappa shape index (κ3) is 2.66. The Labute approximate surface area is 134 Å². The summed E-state index contributed by atoms with van der Waals surface area (Å²) in [6.45, 7) is 4.56. The number of hydrogen-bond acceptors (Lipinski definition) is 4. The number of pyridine rings is 1. The van der Waals surface area contributed by atoms with Gasteiger partial charge in [0, 0.05) is 55.9 Å². The van der Waals surface area contributed by atoms with Gasteiger partial charge in [0.15, 0.2) is 0 Å². The fraction of sp³-hybridized carbons (Fsp3) is 0.412. The molecular weight excluding hydrogens is 294 g/mol. The second kappa shape index (κ2) is 5.82. The van der Waals surface area contributed by atoms with E-state index in [9.17, 15) is 4.79 Å². The molecule has 0 unspecified atom stereocenters. The lowest BCUT2D eigenvalue weighted by molar-refractivity contribution is -0.131. The van der Waals surface area contributed by atoms with Gasteiger partial charge in [-0.3, -0.25) is 14.7 Å². The van der Waals surface area contributed by atoms with Gasteiger partial charge in [-0.05, 0) is 29.1 Å². The van der Waals surface area contributed by atoms with Crippen LogP contribution in [-0.2, 0) is 17.9 Å². The molecule has 2 aromatic heterocycles. The molecule has 2 atom stereocenters. The van der Waals surface area contributed by atoms with Gasteiger partial charge in [-0.1, -0.05) is 6.07 Å². The summed E-state index contributed by atoms with van der Waals surface area (Å²) in [5.41, 5.74) is 1.17. The van der Waals surface area contributed by atoms with E-state index in [4.69, 9.17) is 0 Å². The molecule has 2 aliphatic heterocycles. The first-order chi connectivity index (χ1) is 10.8. The average molecular weight is 313 g/mol. The van der Waals surface area contributed by atoms with Gasteiger partial charge in [-0.2, -0.15) is 0 Å². The predicted octanol–water partition coefficient (Wildman–Crippen LogP) is 2.23. The number of fused-ring (bicyclic) bond motifs is 1. The zero-order chi connectivity index (χ0) is 14.9. The fourth-order valence-corrected chi connectivity index (χ4v) is 4.38. The molecule has 0 aliphatic carbocycles. The largest absolute Gasteiger partial charge is 0.338 e. The third-order valence-corrected chi connectivity index (χ3v) is 5.54. The normalized spacial score (nSPS) is 24.9. The van der Waals surface area contributed by atoms with Crippen molar-refractivity contribution in [3.8, 4) is 0 Å². The van der Waals surface area contributed by atoms with Gasteiger partial charge in [0.2, 0.25) is 5.91 Å². The van der Waals surface area contributed by atoms with Crippen molar-refractivity contribution in [2.75, 3.05) is 19.6 Å². The zero-order valence-corrected chi connectivity index (χ0v) is 13.2. The van der Waals surface area contributed by atoms with Crippen molar-refractivity contribution in [2.45, 2.75) is 13.1 Å². The van der Waals surface area contributed by atoms with E-state index in [0.717, 1.165) is 32.7 Å². The number of amides is 1.